The predicted octanol–water partition coefficient (Wildman–Crippen LogP) is 0.672. The van der Waals surface area contributed by atoms with Gasteiger partial charge in [-0.15, -0.1) is 0 Å². The topological polar surface area (TPSA) is 75.4 Å². The number of carbonyl (C=O) groups excluding carboxylic acids is 1. The minimum absolute atomic E-state index is 0.244. The van der Waals surface area contributed by atoms with Crippen LogP contribution in [0.25, 0.3) is 0 Å². The van der Waals surface area contributed by atoms with Crippen LogP contribution in [-0.4, -0.2) is 44.3 Å². The van der Waals surface area contributed by atoms with E-state index in [1.807, 2.05) is 6.92 Å². The van der Waals surface area contributed by atoms with Crippen molar-refractivity contribution in [3.05, 3.63) is 17.5 Å². The second kappa shape index (κ2) is 4.80. The van der Waals surface area contributed by atoms with Crippen LogP contribution in [0.5, 0.6) is 0 Å². The van der Waals surface area contributed by atoms with Crippen LogP contribution < -0.4 is 0 Å². The molecule has 1 aromatic heterocycles. The Morgan fingerprint density at radius 1 is 1.56 bits per heavy atom. The quantitative estimate of drug-likeness (QED) is 0.853. The smallest absolute Gasteiger partial charge is 0.326 e. The Bertz CT molecular complexity index is 481. The van der Waals surface area contributed by atoms with Crippen molar-refractivity contribution in [3.8, 4) is 0 Å². The lowest BCUT2D eigenvalue weighted by Gasteiger charge is -2.37. The van der Waals surface area contributed by atoms with Gasteiger partial charge in [-0.1, -0.05) is 13.3 Å². The first-order valence-corrected chi connectivity index (χ1v) is 6.11. The Morgan fingerprint density at radius 2 is 2.28 bits per heavy atom. The fourth-order valence-corrected chi connectivity index (χ4v) is 2.14. The zero-order valence-corrected chi connectivity index (χ0v) is 10.6. The number of aryl methyl sites for hydroxylation is 2. The summed E-state index contributed by atoms with van der Waals surface area (Å²) in [5, 5.41) is 13.2. The molecule has 18 heavy (non-hydrogen) atoms. The van der Waals surface area contributed by atoms with Crippen molar-refractivity contribution >= 4 is 11.9 Å². The van der Waals surface area contributed by atoms with E-state index in [0.717, 1.165) is 18.5 Å². The van der Waals surface area contributed by atoms with Gasteiger partial charge in [0, 0.05) is 13.6 Å². The highest BCUT2D eigenvalue weighted by Gasteiger charge is 2.38. The second-order valence-corrected chi connectivity index (χ2v) is 4.54. The minimum Gasteiger partial charge on any atom is -0.480 e. The van der Waals surface area contributed by atoms with Gasteiger partial charge in [0.15, 0.2) is 0 Å². The summed E-state index contributed by atoms with van der Waals surface area (Å²) in [6.07, 6.45) is 2.32. The van der Waals surface area contributed by atoms with Gasteiger partial charge in [0.2, 0.25) is 0 Å². The number of carboxylic acid groups (broad SMARTS) is 1. The summed E-state index contributed by atoms with van der Waals surface area (Å²) in [7, 11) is 1.71. The van der Waals surface area contributed by atoms with Crippen molar-refractivity contribution in [3.63, 3.8) is 0 Å². The third-order valence-electron chi connectivity index (χ3n) is 3.22. The van der Waals surface area contributed by atoms with E-state index >= 15 is 0 Å². The monoisotopic (exact) mass is 251 g/mol. The standard InChI is InChI=1S/C12H17N3O3/c1-3-4-8-7-10(14(2)13-8)11(16)15-6-5-9(15)12(17)18/h7,9H,3-6H2,1-2H3,(H,17,18)/t9-/m1/s1. The van der Waals surface area contributed by atoms with Gasteiger partial charge in [-0.2, -0.15) is 5.10 Å². The number of nitrogens with zero attached hydrogens (tertiary/aromatic N) is 3. The first-order chi connectivity index (χ1) is 8.54. The molecule has 1 aliphatic heterocycles. The Labute approximate surface area is 105 Å². The van der Waals surface area contributed by atoms with Gasteiger partial charge in [0.1, 0.15) is 11.7 Å². The molecule has 0 saturated carbocycles. The van der Waals surface area contributed by atoms with Gasteiger partial charge >= 0.3 is 5.97 Å². The number of hydrogen-bond donors (Lipinski definition) is 1. The van der Waals surface area contributed by atoms with Crippen molar-refractivity contribution in [2.24, 2.45) is 7.05 Å². The molecule has 0 unspecified atom stereocenters. The molecular weight excluding hydrogens is 234 g/mol. The molecule has 1 atom stereocenters. The normalized spacial score (nSPS) is 18.6. The molecule has 1 fully saturated rings. The fraction of sp³-hybridized carbons (Fsp3) is 0.583. The predicted molar refractivity (Wildman–Crippen MR) is 64.3 cm³/mol. The van der Waals surface area contributed by atoms with E-state index in [0.29, 0.717) is 18.7 Å². The van der Waals surface area contributed by atoms with E-state index in [2.05, 4.69) is 5.10 Å². The van der Waals surface area contributed by atoms with E-state index in [1.54, 1.807) is 13.1 Å². The lowest BCUT2D eigenvalue weighted by molar-refractivity contribution is -0.146. The number of rotatable bonds is 4. The molecule has 1 aliphatic rings. The van der Waals surface area contributed by atoms with Gasteiger partial charge in [-0.25, -0.2) is 4.79 Å². The average molecular weight is 251 g/mol. The Kier molecular flexibility index (Phi) is 3.36. The summed E-state index contributed by atoms with van der Waals surface area (Å²) in [6, 6.07) is 1.07. The van der Waals surface area contributed by atoms with E-state index < -0.39 is 12.0 Å². The summed E-state index contributed by atoms with van der Waals surface area (Å²) >= 11 is 0. The Hall–Kier alpha value is -1.85. The Balaban J connectivity index is 2.16. The zero-order chi connectivity index (χ0) is 13.3. The maximum absolute atomic E-state index is 12.2. The van der Waals surface area contributed by atoms with Crippen LogP contribution >= 0.6 is 0 Å². The molecule has 2 heterocycles. The molecule has 1 aromatic rings. The second-order valence-electron chi connectivity index (χ2n) is 4.54. The van der Waals surface area contributed by atoms with Gasteiger partial charge < -0.3 is 10.0 Å². The number of hydrogen-bond acceptors (Lipinski definition) is 3. The molecule has 6 heteroatoms. The van der Waals surface area contributed by atoms with Crippen LogP contribution in [0.3, 0.4) is 0 Å². The van der Waals surface area contributed by atoms with Crippen LogP contribution in [0.4, 0.5) is 0 Å². The number of aromatic nitrogens is 2. The zero-order valence-electron chi connectivity index (χ0n) is 10.6. The van der Waals surface area contributed by atoms with Crippen LogP contribution in [0.1, 0.15) is 35.9 Å². The van der Waals surface area contributed by atoms with Gasteiger partial charge in [0.25, 0.3) is 5.91 Å². The fourth-order valence-electron chi connectivity index (χ4n) is 2.14. The highest BCUT2D eigenvalue weighted by molar-refractivity contribution is 5.96. The molecule has 6 nitrogen and oxygen atoms in total. The first kappa shape index (κ1) is 12.6. The maximum Gasteiger partial charge on any atom is 0.326 e. The summed E-state index contributed by atoms with van der Waals surface area (Å²) in [5.41, 5.74) is 1.33. The molecule has 2 rings (SSSR count). The van der Waals surface area contributed by atoms with Crippen molar-refractivity contribution in [1.82, 2.24) is 14.7 Å². The number of amides is 1. The maximum atomic E-state index is 12.2. The number of likely N-dealkylation sites (tertiary alicyclic amines) is 1. The third kappa shape index (κ3) is 2.10. The highest BCUT2D eigenvalue weighted by atomic mass is 16.4. The van der Waals surface area contributed by atoms with Crippen molar-refractivity contribution in [2.45, 2.75) is 32.2 Å². The molecule has 1 amide bonds. The van der Waals surface area contributed by atoms with Crippen molar-refractivity contribution in [1.29, 1.82) is 0 Å². The molecule has 98 valence electrons. The van der Waals surface area contributed by atoms with E-state index in [9.17, 15) is 9.59 Å². The van der Waals surface area contributed by atoms with Gasteiger partial charge in [-0.05, 0) is 18.9 Å². The molecule has 0 aromatic carbocycles. The molecule has 1 N–H and O–H groups in total. The van der Waals surface area contributed by atoms with Crippen LogP contribution in [-0.2, 0) is 18.3 Å². The lowest BCUT2D eigenvalue weighted by atomic mass is 10.0. The lowest BCUT2D eigenvalue weighted by Crippen LogP contribution is -2.55. The molecule has 0 spiro atoms. The molecule has 0 aliphatic carbocycles. The largest absolute Gasteiger partial charge is 0.480 e. The SMILES string of the molecule is CCCc1cc(C(=O)N2CC[C@@H]2C(=O)O)n(C)n1. The van der Waals surface area contributed by atoms with Crippen molar-refractivity contribution < 1.29 is 14.7 Å². The number of carbonyl (C=O) groups is 2. The third-order valence-corrected chi connectivity index (χ3v) is 3.22. The number of aliphatic carboxylic acids is 1. The summed E-state index contributed by atoms with van der Waals surface area (Å²) < 4.78 is 1.53. The number of carboxylic acids is 1. The molecule has 0 radical (unpaired) electrons. The van der Waals surface area contributed by atoms with E-state index in [1.165, 1.54) is 9.58 Å². The van der Waals surface area contributed by atoms with Gasteiger partial charge in [0.05, 0.1) is 5.69 Å². The van der Waals surface area contributed by atoms with Crippen LogP contribution in [0.15, 0.2) is 6.07 Å². The van der Waals surface area contributed by atoms with Crippen molar-refractivity contribution in [2.75, 3.05) is 6.54 Å². The Morgan fingerprint density at radius 3 is 2.78 bits per heavy atom. The first-order valence-electron chi connectivity index (χ1n) is 6.11. The summed E-state index contributed by atoms with van der Waals surface area (Å²) in [6.45, 7) is 2.55. The average Bonchev–Trinajstić information content (AvgIpc) is 2.57. The molecular formula is C12H17N3O3. The van der Waals surface area contributed by atoms with Crippen LogP contribution in [0.2, 0.25) is 0 Å². The summed E-state index contributed by atoms with van der Waals surface area (Å²) in [5.74, 6) is -1.18. The van der Waals surface area contributed by atoms with Crippen LogP contribution in [0, 0.1) is 0 Å². The van der Waals surface area contributed by atoms with E-state index in [4.69, 9.17) is 5.11 Å². The molecule has 0 bridgehead atoms. The summed E-state index contributed by atoms with van der Waals surface area (Å²) in [4.78, 5) is 24.5. The highest BCUT2D eigenvalue weighted by Crippen LogP contribution is 2.21. The molecule has 1 saturated heterocycles. The minimum atomic E-state index is -0.939. The van der Waals surface area contributed by atoms with E-state index in [-0.39, 0.29) is 5.91 Å². The van der Waals surface area contributed by atoms with Gasteiger partial charge in [-0.3, -0.25) is 9.48 Å².